The van der Waals surface area contributed by atoms with E-state index in [1.165, 1.54) is 0 Å². The zero-order valence-corrected chi connectivity index (χ0v) is 18.0. The van der Waals surface area contributed by atoms with Crippen LogP contribution in [0.4, 0.5) is 0 Å². The Kier molecular flexibility index (Phi) is 6.50. The Balaban J connectivity index is 1.86. The molecule has 156 valence electrons. The Bertz CT molecular complexity index is 1060. The van der Waals surface area contributed by atoms with Gasteiger partial charge in [-0.05, 0) is 49.9 Å². The summed E-state index contributed by atoms with van der Waals surface area (Å²) in [4.78, 5) is 29.4. The smallest absolute Gasteiger partial charge is 0.310 e. The van der Waals surface area contributed by atoms with Crippen LogP contribution in [0.25, 0.3) is 22.0 Å². The first-order valence-electron chi connectivity index (χ1n) is 10.2. The van der Waals surface area contributed by atoms with Gasteiger partial charge in [-0.15, -0.1) is 0 Å². The number of carbonyl (C=O) groups is 2. The van der Waals surface area contributed by atoms with Crippen molar-refractivity contribution in [3.05, 3.63) is 65.9 Å². The number of rotatable bonds is 7. The van der Waals surface area contributed by atoms with Crippen LogP contribution in [0.5, 0.6) is 0 Å². The molecule has 0 aliphatic rings. The summed E-state index contributed by atoms with van der Waals surface area (Å²) in [6.45, 7) is 7.47. The summed E-state index contributed by atoms with van der Waals surface area (Å²) in [5.41, 5.74) is 4.15. The summed E-state index contributed by atoms with van der Waals surface area (Å²) < 4.78 is 5.28. The van der Waals surface area contributed by atoms with Gasteiger partial charge in [0.15, 0.2) is 6.61 Å². The average Bonchev–Trinajstić information content (AvgIpc) is 2.73. The summed E-state index contributed by atoms with van der Waals surface area (Å²) in [5.74, 6) is -0.747. The third kappa shape index (κ3) is 5.03. The van der Waals surface area contributed by atoms with Crippen LogP contribution in [0.1, 0.15) is 38.4 Å². The molecule has 0 aliphatic heterocycles. The minimum Gasteiger partial charge on any atom is -0.455 e. The van der Waals surface area contributed by atoms with Gasteiger partial charge in [-0.2, -0.15) is 0 Å². The lowest BCUT2D eigenvalue weighted by Crippen LogP contribution is -2.44. The van der Waals surface area contributed by atoms with Crippen LogP contribution in [-0.4, -0.2) is 29.0 Å². The van der Waals surface area contributed by atoms with E-state index in [9.17, 15) is 9.59 Å². The van der Waals surface area contributed by atoms with Crippen LogP contribution >= 0.6 is 0 Å². The quantitative estimate of drug-likeness (QED) is 0.584. The van der Waals surface area contributed by atoms with E-state index in [-0.39, 0.29) is 24.5 Å². The van der Waals surface area contributed by atoms with E-state index >= 15 is 0 Å². The molecule has 0 radical (unpaired) electrons. The lowest BCUT2D eigenvalue weighted by molar-refractivity contribution is -0.148. The standard InChI is InChI=1S/C25H28N2O3/c1-5-25(3,4)27-22(28)16-30-23(29)15-20-17(2)26-21-14-10-9-13-19(21)24(20)18-11-7-6-8-12-18/h6-14H,5,15-16H2,1-4H3,(H,27,28). The van der Waals surface area contributed by atoms with E-state index < -0.39 is 5.97 Å². The molecule has 1 aromatic heterocycles. The van der Waals surface area contributed by atoms with Crippen molar-refractivity contribution in [2.24, 2.45) is 0 Å². The zero-order chi connectivity index (χ0) is 21.7. The second-order valence-electron chi connectivity index (χ2n) is 8.06. The number of aryl methyl sites for hydroxylation is 1. The summed E-state index contributed by atoms with van der Waals surface area (Å²) in [7, 11) is 0. The van der Waals surface area contributed by atoms with Gasteiger partial charge in [-0.25, -0.2) is 0 Å². The first kappa shape index (κ1) is 21.5. The largest absolute Gasteiger partial charge is 0.455 e. The average molecular weight is 405 g/mol. The maximum absolute atomic E-state index is 12.6. The SMILES string of the molecule is CCC(C)(C)NC(=O)COC(=O)Cc1c(C)nc2ccccc2c1-c1ccccc1. The van der Waals surface area contributed by atoms with Crippen molar-refractivity contribution in [3.63, 3.8) is 0 Å². The van der Waals surface area contributed by atoms with Crippen molar-refractivity contribution >= 4 is 22.8 Å². The molecule has 30 heavy (non-hydrogen) atoms. The number of ether oxygens (including phenoxy) is 1. The Labute approximate surface area is 177 Å². The number of para-hydroxylation sites is 1. The molecule has 3 rings (SSSR count). The monoisotopic (exact) mass is 404 g/mol. The summed E-state index contributed by atoms with van der Waals surface area (Å²) in [5, 5.41) is 3.86. The maximum Gasteiger partial charge on any atom is 0.310 e. The molecule has 2 aromatic carbocycles. The van der Waals surface area contributed by atoms with Gasteiger partial charge < -0.3 is 10.1 Å². The Morgan fingerprint density at radius 1 is 1.03 bits per heavy atom. The molecule has 0 atom stereocenters. The molecule has 5 heteroatoms. The van der Waals surface area contributed by atoms with Gasteiger partial charge in [0.1, 0.15) is 0 Å². The summed E-state index contributed by atoms with van der Waals surface area (Å²) >= 11 is 0. The van der Waals surface area contributed by atoms with Crippen molar-refractivity contribution in [3.8, 4) is 11.1 Å². The number of amides is 1. The second kappa shape index (κ2) is 9.08. The summed E-state index contributed by atoms with van der Waals surface area (Å²) in [6.07, 6.45) is 0.841. The lowest BCUT2D eigenvalue weighted by atomic mass is 9.93. The van der Waals surface area contributed by atoms with Crippen LogP contribution in [-0.2, 0) is 20.7 Å². The number of carbonyl (C=O) groups excluding carboxylic acids is 2. The van der Waals surface area contributed by atoms with Crippen molar-refractivity contribution in [1.29, 1.82) is 0 Å². The fourth-order valence-electron chi connectivity index (χ4n) is 3.37. The number of nitrogens with zero attached hydrogens (tertiary/aromatic N) is 1. The maximum atomic E-state index is 12.6. The molecule has 0 unspecified atom stereocenters. The topological polar surface area (TPSA) is 68.3 Å². The van der Waals surface area contributed by atoms with Crippen LogP contribution < -0.4 is 5.32 Å². The van der Waals surface area contributed by atoms with Crippen LogP contribution in [0, 0.1) is 6.92 Å². The predicted octanol–water partition coefficient (Wildman–Crippen LogP) is 4.60. The number of hydrogen-bond acceptors (Lipinski definition) is 4. The normalized spacial score (nSPS) is 11.3. The number of fused-ring (bicyclic) bond motifs is 1. The molecular weight excluding hydrogens is 376 g/mol. The Morgan fingerprint density at radius 2 is 1.70 bits per heavy atom. The van der Waals surface area contributed by atoms with Crippen LogP contribution in [0.3, 0.4) is 0 Å². The van der Waals surface area contributed by atoms with Gasteiger partial charge in [0, 0.05) is 16.6 Å². The zero-order valence-electron chi connectivity index (χ0n) is 18.0. The second-order valence-corrected chi connectivity index (χ2v) is 8.06. The highest BCUT2D eigenvalue weighted by molar-refractivity contribution is 5.98. The first-order valence-corrected chi connectivity index (χ1v) is 10.2. The highest BCUT2D eigenvalue weighted by Crippen LogP contribution is 2.33. The minimum atomic E-state index is -0.447. The number of hydrogen-bond donors (Lipinski definition) is 1. The van der Waals surface area contributed by atoms with Crippen molar-refractivity contribution in [2.45, 2.75) is 46.1 Å². The molecule has 1 N–H and O–H groups in total. The van der Waals surface area contributed by atoms with Crippen LogP contribution in [0.15, 0.2) is 54.6 Å². The van der Waals surface area contributed by atoms with Gasteiger partial charge >= 0.3 is 5.97 Å². The van der Waals surface area contributed by atoms with Crippen LogP contribution in [0.2, 0.25) is 0 Å². The number of esters is 1. The van der Waals surface area contributed by atoms with Crippen molar-refractivity contribution in [2.75, 3.05) is 6.61 Å². The van der Waals surface area contributed by atoms with E-state index in [1.807, 2.05) is 82.3 Å². The van der Waals surface area contributed by atoms with Gasteiger partial charge in [0.2, 0.25) is 0 Å². The van der Waals surface area contributed by atoms with Gasteiger partial charge in [-0.1, -0.05) is 55.5 Å². The molecule has 1 amide bonds. The molecular formula is C25H28N2O3. The fraction of sp³-hybridized carbons (Fsp3) is 0.320. The molecule has 1 heterocycles. The molecule has 0 fully saturated rings. The first-order chi connectivity index (χ1) is 14.3. The fourth-order valence-corrected chi connectivity index (χ4v) is 3.37. The molecule has 0 saturated heterocycles. The van der Waals surface area contributed by atoms with E-state index in [2.05, 4.69) is 10.3 Å². The minimum absolute atomic E-state index is 0.0539. The molecule has 0 spiro atoms. The van der Waals surface area contributed by atoms with E-state index in [1.54, 1.807) is 0 Å². The predicted molar refractivity (Wildman–Crippen MR) is 119 cm³/mol. The molecule has 0 saturated carbocycles. The molecule has 0 aliphatic carbocycles. The Hall–Kier alpha value is -3.21. The van der Waals surface area contributed by atoms with Crippen molar-refractivity contribution < 1.29 is 14.3 Å². The molecule has 5 nitrogen and oxygen atoms in total. The van der Waals surface area contributed by atoms with E-state index in [4.69, 9.17) is 4.74 Å². The van der Waals surface area contributed by atoms with Crippen molar-refractivity contribution in [1.82, 2.24) is 10.3 Å². The van der Waals surface area contributed by atoms with Gasteiger partial charge in [0.25, 0.3) is 5.91 Å². The number of aromatic nitrogens is 1. The number of nitrogens with one attached hydrogen (secondary N) is 1. The number of benzene rings is 2. The third-order valence-electron chi connectivity index (χ3n) is 5.31. The summed E-state index contributed by atoms with van der Waals surface area (Å²) in [6, 6.07) is 17.9. The van der Waals surface area contributed by atoms with Gasteiger partial charge in [0.05, 0.1) is 11.9 Å². The number of pyridine rings is 1. The molecule has 3 aromatic rings. The third-order valence-corrected chi connectivity index (χ3v) is 5.31. The van der Waals surface area contributed by atoms with E-state index in [0.717, 1.165) is 39.7 Å². The highest BCUT2D eigenvalue weighted by Gasteiger charge is 2.21. The van der Waals surface area contributed by atoms with Gasteiger partial charge in [-0.3, -0.25) is 14.6 Å². The lowest BCUT2D eigenvalue weighted by Gasteiger charge is -2.24. The van der Waals surface area contributed by atoms with E-state index in [0.29, 0.717) is 0 Å². The molecule has 0 bridgehead atoms. The Morgan fingerprint density at radius 3 is 2.40 bits per heavy atom. The highest BCUT2D eigenvalue weighted by atomic mass is 16.5.